The van der Waals surface area contributed by atoms with Crippen molar-refractivity contribution in [2.24, 2.45) is 0 Å². The van der Waals surface area contributed by atoms with Gasteiger partial charge in [0.1, 0.15) is 11.6 Å². The smallest absolute Gasteiger partial charge is 0.252 e. The van der Waals surface area contributed by atoms with Crippen molar-refractivity contribution in [3.8, 4) is 17.0 Å². The summed E-state index contributed by atoms with van der Waals surface area (Å²) in [5.74, 6) is 0.844. The van der Waals surface area contributed by atoms with Gasteiger partial charge in [0.05, 0.1) is 16.4 Å². The highest BCUT2D eigenvalue weighted by Gasteiger charge is 2.17. The molecule has 2 aromatic heterocycles. The molecule has 0 radical (unpaired) electrons. The molecule has 0 atom stereocenters. The van der Waals surface area contributed by atoms with Crippen molar-refractivity contribution in [2.75, 3.05) is 5.32 Å². The van der Waals surface area contributed by atoms with Gasteiger partial charge in [0.25, 0.3) is 5.91 Å². The number of hydrogen-bond donors (Lipinski definition) is 3. The van der Waals surface area contributed by atoms with Crippen LogP contribution in [0.5, 0.6) is 5.75 Å². The Kier molecular flexibility index (Phi) is 6.86. The third kappa shape index (κ3) is 5.22. The van der Waals surface area contributed by atoms with Gasteiger partial charge in [0.15, 0.2) is 5.65 Å². The lowest BCUT2D eigenvalue weighted by Crippen LogP contribution is -2.24. The van der Waals surface area contributed by atoms with Crippen LogP contribution >= 0.6 is 15.9 Å². The van der Waals surface area contributed by atoms with Crippen molar-refractivity contribution in [3.63, 3.8) is 0 Å². The van der Waals surface area contributed by atoms with Crippen molar-refractivity contribution in [1.82, 2.24) is 19.9 Å². The van der Waals surface area contributed by atoms with Crippen molar-refractivity contribution >= 4 is 38.9 Å². The van der Waals surface area contributed by atoms with E-state index in [2.05, 4.69) is 55.9 Å². The summed E-state index contributed by atoms with van der Waals surface area (Å²) in [6, 6.07) is 21.3. The highest BCUT2D eigenvalue weighted by atomic mass is 79.9. The average molecular weight is 595 g/mol. The van der Waals surface area contributed by atoms with Crippen LogP contribution in [-0.4, -0.2) is 25.6 Å². The van der Waals surface area contributed by atoms with Gasteiger partial charge < -0.3 is 15.7 Å². The Balaban J connectivity index is 1.17. The number of aromatic nitrogens is 3. The zero-order chi connectivity index (χ0) is 27.8. The monoisotopic (exact) mass is 593 g/mol. The summed E-state index contributed by atoms with van der Waals surface area (Å²) < 4.78 is 2.49. The number of nitrogens with zero attached hydrogens (tertiary/aromatic N) is 3. The number of anilines is 1. The summed E-state index contributed by atoms with van der Waals surface area (Å²) in [6.07, 6.45) is 4.94. The largest absolute Gasteiger partial charge is 0.507 e. The van der Waals surface area contributed by atoms with Crippen molar-refractivity contribution in [3.05, 3.63) is 117 Å². The minimum Gasteiger partial charge on any atom is -0.507 e. The number of para-hydroxylation sites is 1. The van der Waals surface area contributed by atoms with Gasteiger partial charge in [0, 0.05) is 30.3 Å². The Morgan fingerprint density at radius 1 is 1.00 bits per heavy atom. The highest BCUT2D eigenvalue weighted by molar-refractivity contribution is 9.10. The van der Waals surface area contributed by atoms with Gasteiger partial charge in [-0.2, -0.15) is 9.61 Å². The predicted octanol–water partition coefficient (Wildman–Crippen LogP) is 6.81. The van der Waals surface area contributed by atoms with Gasteiger partial charge in [0.2, 0.25) is 0 Å². The van der Waals surface area contributed by atoms with E-state index in [1.807, 2.05) is 50.2 Å². The van der Waals surface area contributed by atoms with E-state index < -0.39 is 0 Å². The van der Waals surface area contributed by atoms with Crippen LogP contribution < -0.4 is 10.6 Å². The summed E-state index contributed by atoms with van der Waals surface area (Å²) in [7, 11) is 0. The molecule has 1 aliphatic rings. The second kappa shape index (κ2) is 10.6. The second-order valence-electron chi connectivity index (χ2n) is 10.0. The van der Waals surface area contributed by atoms with Crippen molar-refractivity contribution in [2.45, 2.75) is 33.4 Å². The number of amides is 1. The Morgan fingerprint density at radius 3 is 2.45 bits per heavy atom. The van der Waals surface area contributed by atoms with E-state index in [9.17, 15) is 9.90 Å². The fraction of sp³-hybridized carbons (Fsp3) is 0.156. The number of carbonyl (C=O) groups excluding carboxylic acids is 1. The molecular weight excluding hydrogens is 566 g/mol. The number of aryl methyl sites for hydroxylation is 2. The molecule has 2 heterocycles. The molecule has 40 heavy (non-hydrogen) atoms. The number of halogens is 1. The van der Waals surface area contributed by atoms with Crippen LogP contribution in [0.15, 0.2) is 83.5 Å². The Hall–Kier alpha value is -4.43. The number of benzene rings is 3. The first-order chi connectivity index (χ1) is 19.4. The molecule has 6 rings (SSSR count). The van der Waals surface area contributed by atoms with Gasteiger partial charge in [-0.25, -0.2) is 4.98 Å². The molecule has 1 amide bonds. The molecule has 200 valence electrons. The molecule has 0 unspecified atom stereocenters. The number of nitrogens with one attached hydrogen (secondary N) is 2. The van der Waals surface area contributed by atoms with Crippen LogP contribution in [0.3, 0.4) is 0 Å². The van der Waals surface area contributed by atoms with Crippen LogP contribution in [-0.2, 0) is 13.1 Å². The molecule has 0 spiro atoms. The molecule has 3 aromatic carbocycles. The first kappa shape index (κ1) is 25.8. The minimum atomic E-state index is -0.0602. The van der Waals surface area contributed by atoms with E-state index in [4.69, 9.17) is 4.98 Å². The van der Waals surface area contributed by atoms with E-state index >= 15 is 0 Å². The fourth-order valence-corrected chi connectivity index (χ4v) is 5.35. The van der Waals surface area contributed by atoms with Crippen LogP contribution in [0.25, 0.3) is 22.5 Å². The molecular formula is C32H28BrN5O2. The number of fused-ring (bicyclic) bond motifs is 1. The van der Waals surface area contributed by atoms with Crippen LogP contribution in [0.4, 0.5) is 5.82 Å². The SMILES string of the molecule is Cc1cc(C2=CC2)cc(C)c1C(=O)NCc1cccc(CNc2cc(-c3ccccc3O)nc3c(Br)cnn23)c1. The first-order valence-electron chi connectivity index (χ1n) is 13.1. The number of phenolic OH excluding ortho intramolecular Hbond substituents is 1. The van der Waals surface area contributed by atoms with E-state index in [0.29, 0.717) is 30.0 Å². The standard InChI is InChI=1S/C32H28BrN5O2/c1-19-12-24(23-10-11-23)13-20(2)30(19)32(40)35-17-22-7-5-6-21(14-22)16-34-29-15-27(25-8-3-4-9-28(25)39)37-31-26(33)18-36-38(29)31/h3-10,12-15,18,34,39H,11,16-17H2,1-2H3,(H,35,40). The molecule has 0 fully saturated rings. The second-order valence-corrected chi connectivity index (χ2v) is 10.9. The quantitative estimate of drug-likeness (QED) is 0.184. The number of carbonyl (C=O) groups is 1. The molecule has 7 nitrogen and oxygen atoms in total. The topological polar surface area (TPSA) is 91.5 Å². The predicted molar refractivity (Wildman–Crippen MR) is 161 cm³/mol. The lowest BCUT2D eigenvalue weighted by Gasteiger charge is -2.14. The van der Waals surface area contributed by atoms with Gasteiger partial charge in [-0.15, -0.1) is 0 Å². The molecule has 8 heteroatoms. The maximum atomic E-state index is 13.1. The molecule has 0 aliphatic heterocycles. The number of allylic oxidation sites excluding steroid dienone is 2. The van der Waals surface area contributed by atoms with E-state index in [1.54, 1.807) is 22.8 Å². The molecule has 1 aliphatic carbocycles. The Labute approximate surface area is 240 Å². The number of rotatable bonds is 8. The summed E-state index contributed by atoms with van der Waals surface area (Å²) in [4.78, 5) is 17.8. The zero-order valence-electron chi connectivity index (χ0n) is 22.2. The minimum absolute atomic E-state index is 0.0602. The maximum Gasteiger partial charge on any atom is 0.252 e. The zero-order valence-corrected chi connectivity index (χ0v) is 23.8. The fourth-order valence-electron chi connectivity index (χ4n) is 5.00. The molecule has 5 aromatic rings. The summed E-state index contributed by atoms with van der Waals surface area (Å²) in [6.45, 7) is 4.97. The van der Waals surface area contributed by atoms with Gasteiger partial charge in [-0.1, -0.05) is 54.6 Å². The summed E-state index contributed by atoms with van der Waals surface area (Å²) in [5, 5.41) is 21.4. The number of hydrogen-bond acceptors (Lipinski definition) is 5. The highest BCUT2D eigenvalue weighted by Crippen LogP contribution is 2.33. The van der Waals surface area contributed by atoms with E-state index in [0.717, 1.165) is 44.5 Å². The molecule has 3 N–H and O–H groups in total. The van der Waals surface area contributed by atoms with Gasteiger partial charge >= 0.3 is 0 Å². The molecule has 0 saturated heterocycles. The normalized spacial score (nSPS) is 12.3. The van der Waals surface area contributed by atoms with Crippen molar-refractivity contribution in [1.29, 1.82) is 0 Å². The van der Waals surface area contributed by atoms with Gasteiger partial charge in [-0.05, 0) is 81.7 Å². The average Bonchev–Trinajstić information content (AvgIpc) is 3.73. The number of aromatic hydroxyl groups is 1. The maximum absolute atomic E-state index is 13.1. The third-order valence-corrected chi connectivity index (χ3v) is 7.63. The van der Waals surface area contributed by atoms with Crippen LogP contribution in [0.2, 0.25) is 0 Å². The lowest BCUT2D eigenvalue weighted by atomic mass is 9.97. The third-order valence-electron chi connectivity index (χ3n) is 7.07. The van der Waals surface area contributed by atoms with Crippen molar-refractivity contribution < 1.29 is 9.90 Å². The molecule has 0 saturated carbocycles. The summed E-state index contributed by atoms with van der Waals surface area (Å²) in [5.41, 5.74) is 9.30. The summed E-state index contributed by atoms with van der Waals surface area (Å²) >= 11 is 3.53. The Morgan fingerprint density at radius 2 is 1.73 bits per heavy atom. The lowest BCUT2D eigenvalue weighted by molar-refractivity contribution is 0.0949. The first-order valence-corrected chi connectivity index (χ1v) is 13.9. The number of phenols is 1. The molecule has 0 bridgehead atoms. The van der Waals surface area contributed by atoms with E-state index in [-0.39, 0.29) is 11.7 Å². The Bertz CT molecular complexity index is 1780. The van der Waals surface area contributed by atoms with Crippen LogP contribution in [0, 0.1) is 13.8 Å². The van der Waals surface area contributed by atoms with E-state index in [1.165, 1.54) is 11.1 Å². The van der Waals surface area contributed by atoms with Crippen LogP contribution in [0.1, 0.15) is 44.6 Å². The van der Waals surface area contributed by atoms with Gasteiger partial charge in [-0.3, -0.25) is 4.79 Å².